The summed E-state index contributed by atoms with van der Waals surface area (Å²) in [5, 5.41) is 0. The first-order valence-corrected chi connectivity index (χ1v) is 6.50. The lowest BCUT2D eigenvalue weighted by Gasteiger charge is -2.18. The van der Waals surface area contributed by atoms with Crippen LogP contribution in [0, 0.1) is 5.41 Å². The maximum atomic E-state index is 4.30. The van der Waals surface area contributed by atoms with Gasteiger partial charge in [0.15, 0.2) is 0 Å². The Kier molecular flexibility index (Phi) is 4.50. The number of benzene rings is 1. The molecule has 0 radical (unpaired) electrons. The summed E-state index contributed by atoms with van der Waals surface area (Å²) in [7, 11) is 0. The third-order valence-electron chi connectivity index (χ3n) is 2.59. The molecule has 0 N–H and O–H groups in total. The second-order valence-electron chi connectivity index (χ2n) is 6.83. The fraction of sp³-hybridized carbons (Fsp3) is 0.471. The molecule has 98 valence electrons. The summed E-state index contributed by atoms with van der Waals surface area (Å²) in [5.41, 5.74) is 2.90. The van der Waals surface area contributed by atoms with E-state index in [0.717, 1.165) is 0 Å². The van der Waals surface area contributed by atoms with Gasteiger partial charge in [-0.3, -0.25) is 4.99 Å². The van der Waals surface area contributed by atoms with E-state index in [1.54, 1.807) is 0 Å². The fourth-order valence-electron chi connectivity index (χ4n) is 1.49. The minimum atomic E-state index is 0.139. The van der Waals surface area contributed by atoms with Gasteiger partial charge < -0.3 is 0 Å². The highest BCUT2D eigenvalue weighted by Crippen LogP contribution is 2.22. The molecule has 0 atom stereocenters. The van der Waals surface area contributed by atoms with Crippen molar-refractivity contribution in [2.45, 2.75) is 47.0 Å². The van der Waals surface area contributed by atoms with Crippen LogP contribution < -0.4 is 0 Å². The molecule has 1 nitrogen and oxygen atoms in total. The molecule has 1 rings (SSSR count). The van der Waals surface area contributed by atoms with Gasteiger partial charge in [-0.15, -0.1) is 0 Å². The Labute approximate surface area is 112 Å². The molecule has 0 aromatic heterocycles. The van der Waals surface area contributed by atoms with Crippen molar-refractivity contribution >= 4 is 12.3 Å². The Balaban J connectivity index is 2.70. The number of hydrogen-bond donors (Lipinski definition) is 0. The topological polar surface area (TPSA) is 12.4 Å². The summed E-state index contributed by atoms with van der Waals surface area (Å²) in [6.07, 6.45) is 5.86. The van der Waals surface area contributed by atoms with Gasteiger partial charge in [0, 0.05) is 12.4 Å². The molecule has 0 aliphatic carbocycles. The Morgan fingerprint density at radius 3 is 1.89 bits per heavy atom. The normalized spacial score (nSPS) is 13.7. The molecule has 0 aliphatic rings. The van der Waals surface area contributed by atoms with Crippen LogP contribution in [-0.2, 0) is 5.41 Å². The Hall–Kier alpha value is -1.37. The van der Waals surface area contributed by atoms with Crippen LogP contribution in [0.1, 0.15) is 52.7 Å². The van der Waals surface area contributed by atoms with Crippen LogP contribution in [0.2, 0.25) is 0 Å². The van der Waals surface area contributed by atoms with Crippen molar-refractivity contribution < 1.29 is 0 Å². The summed E-state index contributed by atoms with van der Waals surface area (Å²) in [6.45, 7) is 13.1. The number of hydrogen-bond acceptors (Lipinski definition) is 1. The van der Waals surface area contributed by atoms with Crippen molar-refractivity contribution in [2.24, 2.45) is 10.4 Å². The van der Waals surface area contributed by atoms with E-state index >= 15 is 0 Å². The van der Waals surface area contributed by atoms with Gasteiger partial charge >= 0.3 is 0 Å². The van der Waals surface area contributed by atoms with Crippen molar-refractivity contribution in [3.05, 3.63) is 41.6 Å². The predicted octanol–water partition coefficient (Wildman–Crippen LogP) is 5.07. The highest BCUT2D eigenvalue weighted by atomic mass is 14.7. The number of nitrogens with zero attached hydrogens (tertiary/aromatic N) is 1. The third-order valence-corrected chi connectivity index (χ3v) is 2.59. The van der Waals surface area contributed by atoms with Gasteiger partial charge in [-0.05, 0) is 28.0 Å². The molecule has 0 fully saturated rings. The first-order chi connectivity index (χ1) is 8.18. The summed E-state index contributed by atoms with van der Waals surface area (Å²) in [4.78, 5) is 4.30. The average Bonchev–Trinajstić information content (AvgIpc) is 2.22. The molecular formula is C17H25N. The fourth-order valence-corrected chi connectivity index (χ4v) is 1.49. The molecule has 1 aromatic carbocycles. The largest absolute Gasteiger partial charge is 0.269 e. The monoisotopic (exact) mass is 243 g/mol. The van der Waals surface area contributed by atoms with Crippen molar-refractivity contribution in [1.29, 1.82) is 0 Å². The highest BCUT2D eigenvalue weighted by Gasteiger charge is 2.12. The third kappa shape index (κ3) is 5.31. The van der Waals surface area contributed by atoms with Crippen LogP contribution in [0.4, 0.5) is 0 Å². The number of aliphatic imine (C=N–C) groups is 1. The van der Waals surface area contributed by atoms with Crippen molar-refractivity contribution in [2.75, 3.05) is 0 Å². The molecule has 0 amide bonds. The second kappa shape index (κ2) is 5.51. The maximum absolute atomic E-state index is 4.30. The molecule has 0 saturated heterocycles. The molecule has 1 aromatic rings. The zero-order chi connectivity index (χ0) is 13.8. The van der Waals surface area contributed by atoms with E-state index in [0.29, 0.717) is 0 Å². The standard InChI is InChI=1S/C17H25N/c1-16(2,3)13-18-12-11-14-7-9-15(10-8-14)17(4,5)6/h7-13H,1-6H3/b12-11+,18-13?. The number of rotatable bonds is 2. The van der Waals surface area contributed by atoms with Gasteiger partial charge in [0.2, 0.25) is 0 Å². The lowest BCUT2D eigenvalue weighted by Crippen LogP contribution is -2.10. The van der Waals surface area contributed by atoms with E-state index in [1.165, 1.54) is 11.1 Å². The van der Waals surface area contributed by atoms with Gasteiger partial charge in [0.1, 0.15) is 0 Å². The Bertz CT molecular complexity index is 422. The van der Waals surface area contributed by atoms with Gasteiger partial charge in [-0.2, -0.15) is 0 Å². The maximum Gasteiger partial charge on any atom is 0.0270 e. The molecule has 18 heavy (non-hydrogen) atoms. The molecule has 1 heteroatoms. The predicted molar refractivity (Wildman–Crippen MR) is 82.1 cm³/mol. The van der Waals surface area contributed by atoms with E-state index < -0.39 is 0 Å². The van der Waals surface area contributed by atoms with Crippen molar-refractivity contribution in [3.8, 4) is 0 Å². The zero-order valence-corrected chi connectivity index (χ0v) is 12.5. The van der Waals surface area contributed by atoms with Gasteiger partial charge in [-0.1, -0.05) is 65.8 Å². The molecule has 0 bridgehead atoms. The Morgan fingerprint density at radius 1 is 0.889 bits per heavy atom. The zero-order valence-electron chi connectivity index (χ0n) is 12.5. The smallest absolute Gasteiger partial charge is 0.0270 e. The van der Waals surface area contributed by atoms with E-state index in [1.807, 2.05) is 18.5 Å². The van der Waals surface area contributed by atoms with Gasteiger partial charge in [0.05, 0.1) is 0 Å². The minimum Gasteiger partial charge on any atom is -0.269 e. The lowest BCUT2D eigenvalue weighted by atomic mass is 9.87. The lowest BCUT2D eigenvalue weighted by molar-refractivity contribution is 0.590. The average molecular weight is 243 g/mol. The highest BCUT2D eigenvalue weighted by molar-refractivity contribution is 5.65. The first-order valence-electron chi connectivity index (χ1n) is 6.50. The van der Waals surface area contributed by atoms with Crippen LogP contribution in [0.5, 0.6) is 0 Å². The second-order valence-corrected chi connectivity index (χ2v) is 6.83. The summed E-state index contributed by atoms with van der Waals surface area (Å²) in [6, 6.07) is 8.66. The minimum absolute atomic E-state index is 0.139. The quantitative estimate of drug-likeness (QED) is 0.643. The van der Waals surface area contributed by atoms with Crippen molar-refractivity contribution in [3.63, 3.8) is 0 Å². The first kappa shape index (κ1) is 14.7. The molecular weight excluding hydrogens is 218 g/mol. The van der Waals surface area contributed by atoms with Crippen molar-refractivity contribution in [1.82, 2.24) is 0 Å². The van der Waals surface area contributed by atoms with Crippen LogP contribution in [0.25, 0.3) is 6.08 Å². The molecule has 0 spiro atoms. The van der Waals surface area contributed by atoms with E-state index in [-0.39, 0.29) is 10.8 Å². The van der Waals surface area contributed by atoms with E-state index in [4.69, 9.17) is 0 Å². The summed E-state index contributed by atoms with van der Waals surface area (Å²) in [5.74, 6) is 0. The summed E-state index contributed by atoms with van der Waals surface area (Å²) >= 11 is 0. The van der Waals surface area contributed by atoms with Crippen LogP contribution in [0.3, 0.4) is 0 Å². The van der Waals surface area contributed by atoms with Gasteiger partial charge in [0.25, 0.3) is 0 Å². The summed E-state index contributed by atoms with van der Waals surface area (Å²) < 4.78 is 0. The van der Waals surface area contributed by atoms with Crippen LogP contribution in [-0.4, -0.2) is 6.21 Å². The molecule has 0 unspecified atom stereocenters. The molecule has 0 heterocycles. The SMILES string of the molecule is CC(C)(C)C=N/C=C/c1ccc(C(C)(C)C)cc1. The molecule has 0 aliphatic heterocycles. The Morgan fingerprint density at radius 2 is 1.44 bits per heavy atom. The van der Waals surface area contributed by atoms with E-state index in [2.05, 4.69) is 70.8 Å². The molecule has 0 saturated carbocycles. The van der Waals surface area contributed by atoms with E-state index in [9.17, 15) is 0 Å². The van der Waals surface area contributed by atoms with Crippen LogP contribution >= 0.6 is 0 Å². The van der Waals surface area contributed by atoms with Gasteiger partial charge in [-0.25, -0.2) is 0 Å². The van der Waals surface area contributed by atoms with Crippen LogP contribution in [0.15, 0.2) is 35.5 Å².